The molecule has 0 saturated heterocycles. The molecular weight excluding hydrogens is 472 g/mol. The number of thiophene rings is 1. The first-order valence-electron chi connectivity index (χ1n) is 11.6. The fraction of sp³-hybridized carbons (Fsp3) is 0.370. The van der Waals surface area contributed by atoms with Gasteiger partial charge in [-0.2, -0.15) is 8.78 Å². The van der Waals surface area contributed by atoms with E-state index in [1.807, 2.05) is 43.3 Å². The number of rotatable bonds is 10. The average molecular weight is 502 g/mol. The number of ether oxygens (including phenoxy) is 1. The number of hydrogen-bond acceptors (Lipinski definition) is 5. The highest BCUT2D eigenvalue weighted by Crippen LogP contribution is 2.35. The molecule has 4 rings (SSSR count). The van der Waals surface area contributed by atoms with Gasteiger partial charge in [0.05, 0.1) is 16.9 Å². The zero-order chi connectivity index (χ0) is 24.0. The average Bonchev–Trinajstić information content (AvgIpc) is 3.32. The molecule has 3 aromatic rings. The summed E-state index contributed by atoms with van der Waals surface area (Å²) >= 11 is 2.56. The second-order valence-electron chi connectivity index (χ2n) is 8.69. The molecule has 34 heavy (non-hydrogen) atoms. The van der Waals surface area contributed by atoms with Gasteiger partial charge in [0, 0.05) is 10.4 Å². The monoisotopic (exact) mass is 501 g/mol. The van der Waals surface area contributed by atoms with Crippen LogP contribution in [0.4, 0.5) is 8.78 Å². The van der Waals surface area contributed by atoms with Gasteiger partial charge in [-0.15, -0.1) is 11.3 Å². The lowest BCUT2D eigenvalue weighted by molar-refractivity contribution is -0.119. The van der Waals surface area contributed by atoms with Gasteiger partial charge in [0.2, 0.25) is 0 Å². The van der Waals surface area contributed by atoms with Gasteiger partial charge < -0.3 is 9.53 Å². The van der Waals surface area contributed by atoms with Crippen LogP contribution in [0.25, 0.3) is 11.1 Å². The van der Waals surface area contributed by atoms with Crippen molar-refractivity contribution in [3.8, 4) is 11.1 Å². The molecule has 1 atom stereocenters. The van der Waals surface area contributed by atoms with Crippen LogP contribution < -0.4 is 4.72 Å². The van der Waals surface area contributed by atoms with Crippen molar-refractivity contribution >= 4 is 29.6 Å². The van der Waals surface area contributed by atoms with Gasteiger partial charge >= 0.3 is 0 Å². The molecule has 1 aliphatic carbocycles. The molecule has 0 bridgehead atoms. The van der Waals surface area contributed by atoms with E-state index in [1.54, 1.807) is 12.1 Å². The molecule has 0 radical (unpaired) electrons. The Bertz CT molecular complexity index is 1060. The van der Waals surface area contributed by atoms with Crippen LogP contribution in [0.2, 0.25) is 0 Å². The molecule has 2 aromatic carbocycles. The predicted molar refractivity (Wildman–Crippen MR) is 135 cm³/mol. The van der Waals surface area contributed by atoms with E-state index in [9.17, 15) is 4.79 Å². The molecule has 1 aromatic heterocycles. The number of halogens is 2. The van der Waals surface area contributed by atoms with Crippen molar-refractivity contribution in [1.29, 1.82) is 0 Å². The number of carbonyl (C=O) groups excluding carboxylic acids is 1. The first kappa shape index (κ1) is 25.0. The van der Waals surface area contributed by atoms with E-state index in [0.717, 1.165) is 50.6 Å². The molecule has 0 aliphatic heterocycles. The summed E-state index contributed by atoms with van der Waals surface area (Å²) in [5.41, 5.74) is 2.76. The lowest BCUT2D eigenvalue weighted by atomic mass is 9.98. The molecule has 1 N–H and O–H groups in total. The van der Waals surface area contributed by atoms with Gasteiger partial charge in [-0.3, -0.25) is 0 Å². The Hall–Kier alpha value is -2.06. The van der Waals surface area contributed by atoms with Crippen molar-refractivity contribution in [2.75, 3.05) is 0 Å². The Labute approximate surface area is 208 Å². The first-order valence-corrected chi connectivity index (χ1v) is 13.2. The molecule has 1 heterocycles. The highest BCUT2D eigenvalue weighted by atomic mass is 32.2. The molecule has 0 spiro atoms. The Morgan fingerprint density at radius 1 is 1.03 bits per heavy atom. The Morgan fingerprint density at radius 2 is 1.68 bits per heavy atom. The van der Waals surface area contributed by atoms with Gasteiger partial charge in [-0.05, 0) is 55.0 Å². The van der Waals surface area contributed by atoms with Crippen molar-refractivity contribution < 1.29 is 18.3 Å². The fourth-order valence-electron chi connectivity index (χ4n) is 4.04. The maximum Gasteiger partial charge on any atom is 0.295 e. The smallest absolute Gasteiger partial charge is 0.295 e. The minimum absolute atomic E-state index is 0.193. The van der Waals surface area contributed by atoms with Crippen LogP contribution >= 0.6 is 23.3 Å². The van der Waals surface area contributed by atoms with E-state index in [2.05, 4.69) is 4.72 Å². The van der Waals surface area contributed by atoms with Crippen molar-refractivity contribution in [2.24, 2.45) is 0 Å². The second-order valence-corrected chi connectivity index (χ2v) is 11.0. The Balaban J connectivity index is 1.34. The van der Waals surface area contributed by atoms with Crippen LogP contribution in [0.15, 0.2) is 64.9 Å². The zero-order valence-corrected chi connectivity index (χ0v) is 20.8. The van der Waals surface area contributed by atoms with E-state index in [-0.39, 0.29) is 11.8 Å². The Morgan fingerprint density at radius 3 is 2.32 bits per heavy atom. The summed E-state index contributed by atoms with van der Waals surface area (Å²) < 4.78 is 39.7. The summed E-state index contributed by atoms with van der Waals surface area (Å²) in [5.74, 6) is -3.34. The first-order chi connectivity index (χ1) is 16.5. The van der Waals surface area contributed by atoms with Gasteiger partial charge in [0.25, 0.3) is 5.92 Å². The lowest BCUT2D eigenvalue weighted by Gasteiger charge is -2.23. The largest absolute Gasteiger partial charge is 0.373 e. The number of carbonyl (C=O) groups is 1. The van der Waals surface area contributed by atoms with E-state index in [4.69, 9.17) is 4.74 Å². The predicted octanol–water partition coefficient (Wildman–Crippen LogP) is 7.53. The molecule has 1 fully saturated rings. The van der Waals surface area contributed by atoms with Crippen LogP contribution in [0, 0.1) is 6.92 Å². The molecule has 1 aliphatic rings. The van der Waals surface area contributed by atoms with E-state index < -0.39 is 12.0 Å². The van der Waals surface area contributed by atoms with Crippen LogP contribution in [-0.4, -0.2) is 18.4 Å². The van der Waals surface area contributed by atoms with Crippen LogP contribution in [0.1, 0.15) is 48.1 Å². The molecular formula is C27H29F2NO2S2. The summed E-state index contributed by atoms with van der Waals surface area (Å²) in [6, 6.07) is 16.2. The van der Waals surface area contributed by atoms with Crippen molar-refractivity contribution in [3.05, 3.63) is 76.7 Å². The standard InChI is InChI=1S/C27H29F2NO2S2/c1-19-7-9-20(10-8-19)21-11-13-22(14-12-21)27(28,29)25(17-31)30-34-26-16-15-24(33-26)18-32-23-5-3-2-4-6-23/h7-17,23,25,30H,2-6,18H2,1H3. The topological polar surface area (TPSA) is 38.3 Å². The van der Waals surface area contributed by atoms with Crippen LogP contribution in [-0.2, 0) is 22.1 Å². The summed E-state index contributed by atoms with van der Waals surface area (Å²) in [5, 5.41) is 0. The lowest BCUT2D eigenvalue weighted by Crippen LogP contribution is -2.41. The molecule has 0 amide bonds. The maximum atomic E-state index is 15.1. The number of alkyl halides is 2. The van der Waals surface area contributed by atoms with Gasteiger partial charge in [0.15, 0.2) is 0 Å². The fourth-order valence-corrected chi connectivity index (χ4v) is 5.91. The Kier molecular flexibility index (Phi) is 8.53. The molecule has 7 heteroatoms. The third-order valence-electron chi connectivity index (χ3n) is 6.12. The second kappa shape index (κ2) is 11.6. The van der Waals surface area contributed by atoms with Crippen molar-refractivity contribution in [3.63, 3.8) is 0 Å². The molecule has 3 nitrogen and oxygen atoms in total. The summed E-state index contributed by atoms with van der Waals surface area (Å²) in [7, 11) is 0. The highest BCUT2D eigenvalue weighted by Gasteiger charge is 2.41. The zero-order valence-electron chi connectivity index (χ0n) is 19.1. The number of aldehydes is 1. The number of aryl methyl sites for hydroxylation is 1. The number of nitrogens with one attached hydrogen (secondary N) is 1. The SMILES string of the molecule is Cc1ccc(-c2ccc(C(F)(F)C(C=O)NSc3ccc(COC4CCCCC4)s3)cc2)cc1. The highest BCUT2D eigenvalue weighted by molar-refractivity contribution is 7.99. The third kappa shape index (κ3) is 6.33. The molecule has 1 saturated carbocycles. The minimum atomic E-state index is -3.34. The molecule has 180 valence electrons. The van der Waals surface area contributed by atoms with Gasteiger partial charge in [-0.25, -0.2) is 4.72 Å². The van der Waals surface area contributed by atoms with Crippen molar-refractivity contribution in [2.45, 2.75) is 67.9 Å². The summed E-state index contributed by atoms with van der Waals surface area (Å²) in [6.45, 7) is 2.54. The van der Waals surface area contributed by atoms with Crippen LogP contribution in [0.3, 0.4) is 0 Å². The van der Waals surface area contributed by atoms with Crippen molar-refractivity contribution in [1.82, 2.24) is 4.72 Å². The van der Waals surface area contributed by atoms with Gasteiger partial charge in [0.1, 0.15) is 12.3 Å². The normalized spacial score (nSPS) is 15.9. The number of benzene rings is 2. The quantitative estimate of drug-likeness (QED) is 0.230. The molecule has 1 unspecified atom stereocenters. The van der Waals surface area contributed by atoms with E-state index in [1.165, 1.54) is 42.7 Å². The van der Waals surface area contributed by atoms with E-state index >= 15 is 8.78 Å². The number of hydrogen-bond donors (Lipinski definition) is 1. The van der Waals surface area contributed by atoms with E-state index in [0.29, 0.717) is 12.7 Å². The van der Waals surface area contributed by atoms with Gasteiger partial charge in [-0.1, -0.05) is 73.4 Å². The minimum Gasteiger partial charge on any atom is -0.373 e. The van der Waals surface area contributed by atoms with Crippen LogP contribution in [0.5, 0.6) is 0 Å². The summed E-state index contributed by atoms with van der Waals surface area (Å²) in [6.07, 6.45) is 6.53. The maximum absolute atomic E-state index is 15.1. The third-order valence-corrected chi connectivity index (χ3v) is 8.18. The summed E-state index contributed by atoms with van der Waals surface area (Å²) in [4.78, 5) is 12.6.